The van der Waals surface area contributed by atoms with E-state index in [1.54, 1.807) is 0 Å². The summed E-state index contributed by atoms with van der Waals surface area (Å²) >= 11 is 5.75. The van der Waals surface area contributed by atoms with Gasteiger partial charge in [-0.25, -0.2) is 9.48 Å². The van der Waals surface area contributed by atoms with Crippen LogP contribution in [-0.2, 0) is 4.79 Å². The number of aliphatic carboxylic acids is 1. The van der Waals surface area contributed by atoms with Crippen LogP contribution in [0.5, 0.6) is 0 Å². The van der Waals surface area contributed by atoms with E-state index in [2.05, 4.69) is 5.10 Å². The Morgan fingerprint density at radius 1 is 1.50 bits per heavy atom. The monoisotopic (exact) mass is 293 g/mol. The largest absolute Gasteiger partial charge is 0.478 e. The molecule has 0 spiro atoms. The van der Waals surface area contributed by atoms with Gasteiger partial charge in [-0.15, -0.1) is 0 Å². The SMILES string of the molecule is O=C(O)/C=C/c1cc(-n2cc(Cl)cn2)ccc1[N+](=O)[O-]. The third kappa shape index (κ3) is 3.01. The van der Waals surface area contributed by atoms with Gasteiger partial charge >= 0.3 is 5.97 Å². The number of hydrogen-bond donors (Lipinski definition) is 1. The van der Waals surface area contributed by atoms with E-state index < -0.39 is 10.9 Å². The van der Waals surface area contributed by atoms with Gasteiger partial charge in [0.1, 0.15) is 0 Å². The molecule has 0 bridgehead atoms. The third-order valence-corrected chi connectivity index (χ3v) is 2.62. The lowest BCUT2D eigenvalue weighted by molar-refractivity contribution is -0.385. The van der Waals surface area contributed by atoms with Gasteiger partial charge in [-0.2, -0.15) is 5.10 Å². The number of carboxylic acid groups (broad SMARTS) is 1. The third-order valence-electron chi connectivity index (χ3n) is 2.43. The molecule has 8 heteroatoms. The Morgan fingerprint density at radius 2 is 2.25 bits per heavy atom. The minimum atomic E-state index is -1.19. The zero-order valence-electron chi connectivity index (χ0n) is 9.93. The summed E-state index contributed by atoms with van der Waals surface area (Å²) in [7, 11) is 0. The van der Waals surface area contributed by atoms with Gasteiger partial charge in [0.15, 0.2) is 0 Å². The highest BCUT2D eigenvalue weighted by Gasteiger charge is 2.13. The van der Waals surface area contributed by atoms with E-state index in [0.29, 0.717) is 10.7 Å². The Morgan fingerprint density at radius 3 is 2.80 bits per heavy atom. The van der Waals surface area contributed by atoms with Crippen molar-refractivity contribution < 1.29 is 14.8 Å². The van der Waals surface area contributed by atoms with Crippen LogP contribution in [0.4, 0.5) is 5.69 Å². The number of nitro groups is 1. The molecule has 0 fully saturated rings. The minimum Gasteiger partial charge on any atom is -0.478 e. The highest BCUT2D eigenvalue weighted by molar-refractivity contribution is 6.30. The second kappa shape index (κ2) is 5.54. The van der Waals surface area contributed by atoms with Crippen LogP contribution in [-0.4, -0.2) is 25.8 Å². The molecular weight excluding hydrogens is 286 g/mol. The van der Waals surface area contributed by atoms with Crippen molar-refractivity contribution in [1.82, 2.24) is 9.78 Å². The van der Waals surface area contributed by atoms with Gasteiger partial charge in [0.05, 0.1) is 27.4 Å². The maximum absolute atomic E-state index is 10.9. The van der Waals surface area contributed by atoms with Crippen LogP contribution in [0.1, 0.15) is 5.56 Å². The molecule has 20 heavy (non-hydrogen) atoms. The van der Waals surface area contributed by atoms with E-state index in [4.69, 9.17) is 16.7 Å². The molecule has 0 saturated carbocycles. The number of carboxylic acids is 1. The number of benzene rings is 1. The highest BCUT2D eigenvalue weighted by Crippen LogP contribution is 2.23. The molecule has 0 aliphatic carbocycles. The summed E-state index contributed by atoms with van der Waals surface area (Å²) in [5.41, 5.74) is 0.513. The predicted molar refractivity (Wildman–Crippen MR) is 71.9 cm³/mol. The lowest BCUT2D eigenvalue weighted by Crippen LogP contribution is -1.98. The average molecular weight is 294 g/mol. The van der Waals surface area contributed by atoms with Crippen LogP contribution in [0.3, 0.4) is 0 Å². The maximum Gasteiger partial charge on any atom is 0.328 e. The summed E-state index contributed by atoms with van der Waals surface area (Å²) in [5.74, 6) is -1.19. The van der Waals surface area contributed by atoms with Gasteiger partial charge in [0, 0.05) is 18.3 Å². The summed E-state index contributed by atoms with van der Waals surface area (Å²) < 4.78 is 1.43. The van der Waals surface area contributed by atoms with Crippen molar-refractivity contribution in [3.05, 3.63) is 57.4 Å². The minimum absolute atomic E-state index is 0.168. The molecule has 1 aromatic carbocycles. The molecule has 0 radical (unpaired) electrons. The first-order chi connectivity index (χ1) is 9.47. The van der Waals surface area contributed by atoms with Gasteiger partial charge < -0.3 is 5.11 Å². The van der Waals surface area contributed by atoms with Crippen molar-refractivity contribution in [3.8, 4) is 5.69 Å². The zero-order chi connectivity index (χ0) is 14.7. The summed E-state index contributed by atoms with van der Waals surface area (Å²) in [4.78, 5) is 20.8. The molecule has 1 aromatic heterocycles. The molecule has 2 rings (SSSR count). The predicted octanol–water partition coefficient (Wildman–Crippen LogP) is 2.53. The summed E-state index contributed by atoms with van der Waals surface area (Å²) in [5, 5.41) is 23.9. The summed E-state index contributed by atoms with van der Waals surface area (Å²) in [6.45, 7) is 0. The smallest absolute Gasteiger partial charge is 0.328 e. The summed E-state index contributed by atoms with van der Waals surface area (Å²) in [6.07, 6.45) is 4.96. The molecule has 102 valence electrons. The number of carbonyl (C=O) groups is 1. The number of nitro benzene ring substituents is 1. The van der Waals surface area contributed by atoms with E-state index >= 15 is 0 Å². The fraction of sp³-hybridized carbons (Fsp3) is 0. The average Bonchev–Trinajstić information content (AvgIpc) is 2.82. The van der Waals surface area contributed by atoms with Gasteiger partial charge in [-0.1, -0.05) is 11.6 Å². The Balaban J connectivity index is 2.50. The van der Waals surface area contributed by atoms with Crippen molar-refractivity contribution in [2.75, 3.05) is 0 Å². The normalized spacial score (nSPS) is 10.8. The molecule has 0 aliphatic heterocycles. The number of nitrogens with zero attached hydrogens (tertiary/aromatic N) is 3. The molecule has 1 N–H and O–H groups in total. The van der Waals surface area contributed by atoms with Gasteiger partial charge in [0.25, 0.3) is 5.69 Å². The van der Waals surface area contributed by atoms with Gasteiger partial charge in [0.2, 0.25) is 0 Å². The molecule has 0 atom stereocenters. The fourth-order valence-electron chi connectivity index (χ4n) is 1.59. The van der Waals surface area contributed by atoms with Crippen molar-refractivity contribution in [2.24, 2.45) is 0 Å². The molecule has 0 aliphatic rings. The quantitative estimate of drug-likeness (QED) is 0.530. The van der Waals surface area contributed by atoms with Gasteiger partial charge in [-0.05, 0) is 18.2 Å². The van der Waals surface area contributed by atoms with Crippen molar-refractivity contribution >= 4 is 29.3 Å². The summed E-state index contributed by atoms with van der Waals surface area (Å²) in [6, 6.07) is 4.24. The van der Waals surface area contributed by atoms with E-state index in [1.807, 2.05) is 0 Å². The Labute approximate surface area is 117 Å². The Bertz CT molecular complexity index is 708. The van der Waals surface area contributed by atoms with Crippen LogP contribution in [0.25, 0.3) is 11.8 Å². The standard InChI is InChI=1S/C12H8ClN3O4/c13-9-6-14-15(7-9)10-2-3-11(16(19)20)8(5-10)1-4-12(17)18/h1-7H,(H,17,18)/b4-1+. The van der Waals surface area contributed by atoms with Crippen LogP contribution in [0.15, 0.2) is 36.7 Å². The van der Waals surface area contributed by atoms with E-state index in [0.717, 1.165) is 12.2 Å². The molecule has 0 amide bonds. The number of rotatable bonds is 4. The van der Waals surface area contributed by atoms with E-state index in [1.165, 1.54) is 35.3 Å². The van der Waals surface area contributed by atoms with Crippen LogP contribution in [0, 0.1) is 10.1 Å². The van der Waals surface area contributed by atoms with Crippen molar-refractivity contribution in [1.29, 1.82) is 0 Å². The van der Waals surface area contributed by atoms with Crippen molar-refractivity contribution in [3.63, 3.8) is 0 Å². The van der Waals surface area contributed by atoms with Crippen LogP contribution >= 0.6 is 11.6 Å². The second-order valence-corrected chi connectivity index (χ2v) is 4.21. The number of hydrogen-bond acceptors (Lipinski definition) is 4. The molecule has 1 heterocycles. The van der Waals surface area contributed by atoms with Crippen LogP contribution < -0.4 is 0 Å². The first kappa shape index (κ1) is 13.8. The van der Waals surface area contributed by atoms with E-state index in [9.17, 15) is 14.9 Å². The number of halogens is 1. The molecule has 2 aromatic rings. The topological polar surface area (TPSA) is 98.3 Å². The second-order valence-electron chi connectivity index (χ2n) is 3.77. The highest BCUT2D eigenvalue weighted by atomic mass is 35.5. The lowest BCUT2D eigenvalue weighted by Gasteiger charge is -2.03. The first-order valence-corrected chi connectivity index (χ1v) is 5.75. The maximum atomic E-state index is 10.9. The fourth-order valence-corrected chi connectivity index (χ4v) is 1.72. The number of aromatic nitrogens is 2. The Hall–Kier alpha value is -2.67. The Kier molecular flexibility index (Phi) is 3.81. The molecular formula is C12H8ClN3O4. The lowest BCUT2D eigenvalue weighted by atomic mass is 10.1. The van der Waals surface area contributed by atoms with E-state index in [-0.39, 0.29) is 11.3 Å². The zero-order valence-corrected chi connectivity index (χ0v) is 10.7. The molecule has 7 nitrogen and oxygen atoms in total. The van der Waals surface area contributed by atoms with Crippen molar-refractivity contribution in [2.45, 2.75) is 0 Å². The first-order valence-electron chi connectivity index (χ1n) is 5.37. The van der Waals surface area contributed by atoms with Gasteiger partial charge in [-0.3, -0.25) is 10.1 Å². The molecule has 0 unspecified atom stereocenters. The van der Waals surface area contributed by atoms with Crippen LogP contribution in [0.2, 0.25) is 5.02 Å². The molecule has 0 saturated heterocycles.